The van der Waals surface area contributed by atoms with Crippen molar-refractivity contribution >= 4 is 17.9 Å². The number of carbonyl (C=O) groups excluding carboxylic acids is 3. The van der Waals surface area contributed by atoms with Crippen LogP contribution < -0.4 is 5.11 Å². The summed E-state index contributed by atoms with van der Waals surface area (Å²) in [5, 5.41) is 11.8. The Morgan fingerprint density at radius 1 is 0.392 bits per heavy atom. The van der Waals surface area contributed by atoms with E-state index in [9.17, 15) is 19.5 Å². The van der Waals surface area contributed by atoms with Gasteiger partial charge < -0.3 is 33.3 Å². The highest BCUT2D eigenvalue weighted by Crippen LogP contribution is 2.18. The molecule has 0 aromatic rings. The van der Waals surface area contributed by atoms with Crippen LogP contribution in [0.1, 0.15) is 309 Å². The normalized spacial score (nSPS) is 13.1. The minimum Gasteiger partial charge on any atom is -0.545 e. The molecule has 0 fully saturated rings. The van der Waals surface area contributed by atoms with Gasteiger partial charge in [-0.2, -0.15) is 0 Å². The predicted molar refractivity (Wildman–Crippen MR) is 334 cm³/mol. The molecule has 0 aromatic carbocycles. The van der Waals surface area contributed by atoms with Gasteiger partial charge in [0.05, 0.1) is 40.3 Å². The highest BCUT2D eigenvalue weighted by molar-refractivity contribution is 5.70. The number of carboxylic acids is 1. The van der Waals surface area contributed by atoms with E-state index in [-0.39, 0.29) is 38.6 Å². The third-order valence-corrected chi connectivity index (χ3v) is 14.8. The number of carboxylic acid groups (broad SMARTS) is 1. The maximum absolute atomic E-state index is 12.8. The van der Waals surface area contributed by atoms with Crippen molar-refractivity contribution < 1.29 is 42.9 Å². The lowest BCUT2D eigenvalue weighted by atomic mass is 10.0. The van der Waals surface area contributed by atoms with E-state index < -0.39 is 24.3 Å². The van der Waals surface area contributed by atoms with Crippen molar-refractivity contribution in [3.63, 3.8) is 0 Å². The molecule has 0 aliphatic rings. The zero-order chi connectivity index (χ0) is 57.6. The second-order valence-electron chi connectivity index (χ2n) is 23.7. The number of carbonyl (C=O) groups is 3. The largest absolute Gasteiger partial charge is 0.545 e. The van der Waals surface area contributed by atoms with Gasteiger partial charge in [-0.25, -0.2) is 0 Å². The Balaban J connectivity index is 4.00. The Morgan fingerprint density at radius 2 is 0.722 bits per heavy atom. The van der Waals surface area contributed by atoms with Gasteiger partial charge in [0.2, 0.25) is 0 Å². The van der Waals surface area contributed by atoms with Crippen LogP contribution in [0.15, 0.2) is 60.8 Å². The highest BCUT2D eigenvalue weighted by atomic mass is 16.7. The van der Waals surface area contributed by atoms with E-state index in [4.69, 9.17) is 18.9 Å². The second kappa shape index (κ2) is 61.1. The first kappa shape index (κ1) is 76.0. The van der Waals surface area contributed by atoms with Crippen LogP contribution in [-0.2, 0) is 33.3 Å². The molecule has 0 aromatic heterocycles. The van der Waals surface area contributed by atoms with E-state index in [1.807, 2.05) is 21.1 Å². The molecule has 2 atom stereocenters. The fraction of sp³-hybridized carbons (Fsp3) is 0.814. The Bertz CT molecular complexity index is 1480. The third-order valence-electron chi connectivity index (χ3n) is 14.8. The lowest BCUT2D eigenvalue weighted by Gasteiger charge is -2.26. The molecule has 0 saturated carbocycles. The van der Waals surface area contributed by atoms with E-state index in [2.05, 4.69) is 74.6 Å². The molecular formula is C70H127NO8. The van der Waals surface area contributed by atoms with Crippen LogP contribution in [-0.4, -0.2) is 82.3 Å². The van der Waals surface area contributed by atoms with Crippen LogP contribution in [0.3, 0.4) is 0 Å². The smallest absolute Gasteiger partial charge is 0.306 e. The molecule has 0 amide bonds. The van der Waals surface area contributed by atoms with Crippen LogP contribution in [0.2, 0.25) is 0 Å². The van der Waals surface area contributed by atoms with Crippen molar-refractivity contribution in [3.8, 4) is 0 Å². The van der Waals surface area contributed by atoms with E-state index in [1.54, 1.807) is 0 Å². The van der Waals surface area contributed by atoms with Crippen LogP contribution in [0.4, 0.5) is 0 Å². The van der Waals surface area contributed by atoms with Gasteiger partial charge >= 0.3 is 11.9 Å². The molecule has 79 heavy (non-hydrogen) atoms. The van der Waals surface area contributed by atoms with Gasteiger partial charge in [0.15, 0.2) is 12.4 Å². The maximum atomic E-state index is 12.8. The number of hydrogen-bond donors (Lipinski definition) is 0. The third kappa shape index (κ3) is 62.4. The average molecular weight is 1110 g/mol. The van der Waals surface area contributed by atoms with Crippen molar-refractivity contribution in [1.82, 2.24) is 0 Å². The fourth-order valence-electron chi connectivity index (χ4n) is 9.69. The summed E-state index contributed by atoms with van der Waals surface area (Å²) in [4.78, 5) is 37.3. The van der Waals surface area contributed by atoms with Crippen LogP contribution >= 0.6 is 0 Å². The molecule has 0 bridgehead atoms. The van der Waals surface area contributed by atoms with E-state index in [0.29, 0.717) is 23.9 Å². The van der Waals surface area contributed by atoms with Gasteiger partial charge in [0, 0.05) is 12.8 Å². The van der Waals surface area contributed by atoms with E-state index >= 15 is 0 Å². The first-order valence-electron chi connectivity index (χ1n) is 33.4. The number of esters is 2. The number of quaternary nitrogens is 1. The number of hydrogen-bond acceptors (Lipinski definition) is 8. The van der Waals surface area contributed by atoms with Crippen LogP contribution in [0.25, 0.3) is 0 Å². The summed E-state index contributed by atoms with van der Waals surface area (Å²) in [7, 11) is 5.91. The SMILES string of the molecule is CC/C=C\C/C=C\C/C=C\C/C=C\C/C=C\CCCC(=O)OC(COC(=O)CCCCCCCCCCCCCCCCCCCCCCCCCCCCCCCCCCCCCCC)COC(OCC[N+](C)(C)C)C(=O)[O-]. The molecule has 0 aliphatic heterocycles. The first-order valence-corrected chi connectivity index (χ1v) is 33.4. The second-order valence-corrected chi connectivity index (χ2v) is 23.7. The summed E-state index contributed by atoms with van der Waals surface area (Å²) >= 11 is 0. The van der Waals surface area contributed by atoms with Crippen molar-refractivity contribution in [3.05, 3.63) is 60.8 Å². The maximum Gasteiger partial charge on any atom is 0.306 e. The summed E-state index contributed by atoms with van der Waals surface area (Å²) < 4.78 is 22.6. The minimum absolute atomic E-state index is 0.136. The van der Waals surface area contributed by atoms with E-state index in [0.717, 1.165) is 51.4 Å². The Labute approximate surface area is 488 Å². The number of ether oxygens (including phenoxy) is 4. The zero-order valence-corrected chi connectivity index (χ0v) is 52.5. The molecule has 9 nitrogen and oxygen atoms in total. The predicted octanol–water partition coefficient (Wildman–Crippen LogP) is 19.0. The number of nitrogens with zero attached hydrogens (tertiary/aromatic N) is 1. The number of likely N-dealkylation sites (N-methyl/N-ethyl adjacent to an activating group) is 1. The lowest BCUT2D eigenvalue weighted by Crippen LogP contribution is -2.44. The Hall–Kier alpha value is -3.01. The van der Waals surface area contributed by atoms with Crippen LogP contribution in [0.5, 0.6) is 0 Å². The minimum atomic E-state index is -1.64. The van der Waals surface area contributed by atoms with Crippen molar-refractivity contribution in [2.45, 2.75) is 322 Å². The topological polar surface area (TPSA) is 111 Å². The van der Waals surface area contributed by atoms with Gasteiger partial charge in [-0.3, -0.25) is 9.59 Å². The van der Waals surface area contributed by atoms with Crippen molar-refractivity contribution in [1.29, 1.82) is 0 Å². The molecule has 0 N–H and O–H groups in total. The van der Waals surface area contributed by atoms with Crippen LogP contribution in [0, 0.1) is 0 Å². The molecule has 0 saturated heterocycles. The molecule has 460 valence electrons. The summed E-state index contributed by atoms with van der Waals surface area (Å²) in [5.41, 5.74) is 0. The molecule has 0 heterocycles. The first-order chi connectivity index (χ1) is 38.6. The molecule has 2 unspecified atom stereocenters. The van der Waals surface area contributed by atoms with E-state index in [1.165, 1.54) is 218 Å². The molecule has 0 radical (unpaired) electrons. The fourth-order valence-corrected chi connectivity index (χ4v) is 9.69. The average Bonchev–Trinajstić information content (AvgIpc) is 3.42. The van der Waals surface area contributed by atoms with Gasteiger partial charge in [-0.1, -0.05) is 306 Å². The van der Waals surface area contributed by atoms with Gasteiger partial charge in [-0.15, -0.1) is 0 Å². The molecule has 0 rings (SSSR count). The monoisotopic (exact) mass is 1110 g/mol. The molecular weight excluding hydrogens is 983 g/mol. The molecule has 0 spiro atoms. The highest BCUT2D eigenvalue weighted by Gasteiger charge is 2.22. The lowest BCUT2D eigenvalue weighted by molar-refractivity contribution is -0.870. The summed E-state index contributed by atoms with van der Waals surface area (Å²) in [6, 6.07) is 0. The Kier molecular flexibility index (Phi) is 58.7. The standard InChI is InChI=1S/C70H127NO8/c1-6-8-10-12-14-16-18-20-22-24-25-26-27-28-29-30-31-32-33-34-35-36-37-38-39-40-41-42-43-45-46-48-50-52-54-56-58-60-67(72)77-64-66(65-78-70(69(74)75)76-63-62-71(3,4)5)79-68(73)61-59-57-55-53-51-49-47-44-23-21-19-17-15-13-11-9-7-2/h9,11,15,17,21,23,47,49,53,55,66,70H,6-8,10,12-14,16,18-20,22,24-46,48,50-52,54,56-65H2,1-5H3/b11-9-,17-15-,23-21-,49-47-,55-53-. The van der Waals surface area contributed by atoms with Gasteiger partial charge in [0.1, 0.15) is 13.2 Å². The number of unbranched alkanes of at least 4 members (excludes halogenated alkanes) is 37. The quantitative estimate of drug-likeness (QED) is 0.0195. The Morgan fingerprint density at radius 3 is 1.06 bits per heavy atom. The van der Waals surface area contributed by atoms with Crippen molar-refractivity contribution in [2.75, 3.05) is 47.5 Å². The van der Waals surface area contributed by atoms with Gasteiger partial charge in [0.25, 0.3) is 0 Å². The molecule has 9 heteroatoms. The molecule has 0 aliphatic carbocycles. The number of aliphatic carboxylic acids is 1. The number of allylic oxidation sites excluding steroid dienone is 10. The summed E-state index contributed by atoms with van der Waals surface area (Å²) in [6.45, 7) is 4.60. The number of rotatable bonds is 62. The zero-order valence-electron chi connectivity index (χ0n) is 52.5. The van der Waals surface area contributed by atoms with Gasteiger partial charge in [-0.05, 0) is 51.4 Å². The van der Waals surface area contributed by atoms with Crippen molar-refractivity contribution in [2.24, 2.45) is 0 Å². The summed E-state index contributed by atoms with van der Waals surface area (Å²) in [5.74, 6) is -2.35. The summed E-state index contributed by atoms with van der Waals surface area (Å²) in [6.07, 6.45) is 76.3.